The molecule has 3 unspecified atom stereocenters. The number of hydrogen-bond acceptors (Lipinski definition) is 11. The van der Waals surface area contributed by atoms with Gasteiger partial charge in [-0.05, 0) is 31.4 Å². The van der Waals surface area contributed by atoms with Crippen molar-refractivity contribution in [2.45, 2.75) is 68.8 Å². The molecule has 0 N–H and O–H groups in total. The first-order chi connectivity index (χ1) is 19.7. The summed E-state index contributed by atoms with van der Waals surface area (Å²) >= 11 is 0. The molecule has 0 saturated heterocycles. The molecule has 1 rings (SSSR count). The highest BCUT2D eigenvalue weighted by atomic mass is 32.2. The second-order valence-electron chi connectivity index (χ2n) is 9.10. The molecule has 0 heterocycles. The van der Waals surface area contributed by atoms with Gasteiger partial charge in [-0.25, -0.2) is 13.2 Å². The summed E-state index contributed by atoms with van der Waals surface area (Å²) in [5.74, 6) is -8.78. The quantitative estimate of drug-likeness (QED) is 0.0681. The van der Waals surface area contributed by atoms with Gasteiger partial charge in [0.25, 0.3) is 9.84 Å². The van der Waals surface area contributed by atoms with Crippen molar-refractivity contribution in [3.63, 3.8) is 0 Å². The Morgan fingerprint density at radius 3 is 1.83 bits per heavy atom. The lowest BCUT2D eigenvalue weighted by molar-refractivity contribution is -0.515. The molecular formula is C26H36F3NO11S. The van der Waals surface area contributed by atoms with Gasteiger partial charge < -0.3 is 18.9 Å². The summed E-state index contributed by atoms with van der Waals surface area (Å²) < 4.78 is 86.1. The van der Waals surface area contributed by atoms with Gasteiger partial charge in [-0.2, -0.15) is 13.2 Å². The van der Waals surface area contributed by atoms with Crippen LogP contribution in [0.3, 0.4) is 0 Å². The molecule has 0 aromatic heterocycles. The Labute approximate surface area is 241 Å². The van der Waals surface area contributed by atoms with Gasteiger partial charge >= 0.3 is 23.5 Å². The van der Waals surface area contributed by atoms with Crippen molar-refractivity contribution in [1.82, 2.24) is 0 Å². The molecule has 1 aromatic rings. The molecule has 1 aromatic carbocycles. The minimum atomic E-state index is -6.16. The molecule has 0 radical (unpaired) electrons. The van der Waals surface area contributed by atoms with Crippen LogP contribution in [0.4, 0.5) is 13.2 Å². The molecule has 12 nitrogen and oxygen atoms in total. The predicted molar refractivity (Wildman–Crippen MR) is 141 cm³/mol. The molecule has 0 saturated carbocycles. The summed E-state index contributed by atoms with van der Waals surface area (Å²) in [5, 5.41) is 12.2. The Morgan fingerprint density at radius 1 is 0.881 bits per heavy atom. The maximum Gasteiger partial charge on any atom is 0.501 e. The van der Waals surface area contributed by atoms with Crippen LogP contribution >= 0.6 is 0 Å². The SMILES string of the molecule is CCCCOCCOC(=O)C(C(C)=O)C(c1ccccc1S(=O)(=O)C(F)(F)F)C(C(=O)OCCOCCCC)[N+](=O)[O-]. The van der Waals surface area contributed by atoms with E-state index >= 15 is 0 Å². The lowest BCUT2D eigenvalue weighted by atomic mass is 9.78. The minimum Gasteiger partial charge on any atom is -0.463 e. The Bertz CT molecular complexity index is 1110. The molecule has 0 aliphatic carbocycles. The number of rotatable bonds is 20. The highest BCUT2D eigenvalue weighted by Crippen LogP contribution is 2.40. The second-order valence-corrected chi connectivity index (χ2v) is 11.0. The number of esters is 2. The van der Waals surface area contributed by atoms with Crippen LogP contribution in [0.5, 0.6) is 0 Å². The van der Waals surface area contributed by atoms with Gasteiger partial charge in [0, 0.05) is 18.1 Å². The van der Waals surface area contributed by atoms with Crippen LogP contribution in [0.15, 0.2) is 29.2 Å². The highest BCUT2D eigenvalue weighted by molar-refractivity contribution is 7.92. The number of benzene rings is 1. The molecule has 42 heavy (non-hydrogen) atoms. The van der Waals surface area contributed by atoms with Gasteiger partial charge in [0.15, 0.2) is 0 Å². The normalized spacial score (nSPS) is 14.0. The first-order valence-corrected chi connectivity index (χ1v) is 14.7. The van der Waals surface area contributed by atoms with E-state index in [1.807, 2.05) is 13.8 Å². The number of Topliss-reactive ketones (excluding diaryl/α,β-unsaturated/α-hetero) is 1. The average Bonchev–Trinajstić information content (AvgIpc) is 2.91. The van der Waals surface area contributed by atoms with Crippen LogP contribution in [0.25, 0.3) is 0 Å². The topological polar surface area (TPSA) is 165 Å². The van der Waals surface area contributed by atoms with Gasteiger partial charge in [-0.1, -0.05) is 44.9 Å². The van der Waals surface area contributed by atoms with E-state index in [0.717, 1.165) is 38.0 Å². The summed E-state index contributed by atoms with van der Waals surface area (Å²) in [6.07, 6.45) is 3.01. The average molecular weight is 628 g/mol. The van der Waals surface area contributed by atoms with Crippen LogP contribution in [-0.2, 0) is 43.2 Å². The zero-order valence-corrected chi connectivity index (χ0v) is 24.4. The molecular weight excluding hydrogens is 591 g/mol. The third kappa shape index (κ3) is 10.6. The number of ketones is 1. The van der Waals surface area contributed by atoms with Crippen molar-refractivity contribution in [2.24, 2.45) is 5.92 Å². The van der Waals surface area contributed by atoms with E-state index in [2.05, 4.69) is 0 Å². The fraction of sp³-hybridized carbons (Fsp3) is 0.654. The maximum absolute atomic E-state index is 13.6. The molecule has 0 aliphatic rings. The van der Waals surface area contributed by atoms with Crippen molar-refractivity contribution in [3.05, 3.63) is 39.9 Å². The zero-order valence-electron chi connectivity index (χ0n) is 23.6. The van der Waals surface area contributed by atoms with E-state index in [1.54, 1.807) is 0 Å². The molecule has 0 aliphatic heterocycles. The molecule has 3 atom stereocenters. The van der Waals surface area contributed by atoms with Crippen molar-refractivity contribution in [2.75, 3.05) is 39.6 Å². The fourth-order valence-corrected chi connectivity index (χ4v) is 4.88. The molecule has 0 bridgehead atoms. The summed E-state index contributed by atoms with van der Waals surface area (Å²) in [4.78, 5) is 48.3. The number of ether oxygens (including phenoxy) is 4. The Balaban J connectivity index is 3.61. The number of carbonyl (C=O) groups excluding carboxylic acids is 3. The van der Waals surface area contributed by atoms with Crippen LogP contribution in [0.1, 0.15) is 57.9 Å². The minimum absolute atomic E-state index is 0.126. The molecule has 238 valence electrons. The van der Waals surface area contributed by atoms with Crippen molar-refractivity contribution in [1.29, 1.82) is 0 Å². The Morgan fingerprint density at radius 2 is 1.38 bits per heavy atom. The van der Waals surface area contributed by atoms with E-state index in [-0.39, 0.29) is 13.2 Å². The van der Waals surface area contributed by atoms with E-state index in [4.69, 9.17) is 18.9 Å². The molecule has 0 amide bonds. The van der Waals surface area contributed by atoms with Crippen LogP contribution < -0.4 is 0 Å². The zero-order chi connectivity index (χ0) is 31.9. The van der Waals surface area contributed by atoms with Gasteiger partial charge in [0.2, 0.25) is 0 Å². The lowest BCUT2D eigenvalue weighted by Crippen LogP contribution is -2.46. The van der Waals surface area contributed by atoms with E-state index in [0.29, 0.717) is 32.1 Å². The maximum atomic E-state index is 13.6. The summed E-state index contributed by atoms with van der Waals surface area (Å²) in [6, 6.07) is 0.566. The van der Waals surface area contributed by atoms with E-state index in [9.17, 15) is 46.1 Å². The smallest absolute Gasteiger partial charge is 0.463 e. The van der Waals surface area contributed by atoms with Gasteiger partial charge in [0.05, 0.1) is 24.0 Å². The largest absolute Gasteiger partial charge is 0.501 e. The number of carbonyl (C=O) groups is 3. The number of alkyl halides is 3. The molecule has 16 heteroatoms. The standard InChI is InChI=1S/C26H36F3NO11S/c1-4-6-12-38-14-16-40-24(32)21(18(3)31)22(19-10-8-9-11-20(19)42(36,37)26(27,28)29)23(30(34)35)25(33)41-17-15-39-13-7-5-2/h8-11,21-23H,4-7,12-17H2,1-3H3. The van der Waals surface area contributed by atoms with Crippen molar-refractivity contribution >= 4 is 27.6 Å². The van der Waals surface area contributed by atoms with E-state index < -0.39 is 79.5 Å². The summed E-state index contributed by atoms with van der Waals surface area (Å²) in [6.45, 7) is 4.03. The number of halogens is 3. The van der Waals surface area contributed by atoms with E-state index in [1.165, 1.54) is 0 Å². The predicted octanol–water partition coefficient (Wildman–Crippen LogP) is 3.63. The third-order valence-corrected chi connectivity index (χ3v) is 7.52. The van der Waals surface area contributed by atoms with Crippen LogP contribution in [-0.4, -0.2) is 82.3 Å². The summed E-state index contributed by atoms with van der Waals surface area (Å²) in [7, 11) is -6.16. The first kappa shape index (κ1) is 36.9. The second kappa shape index (κ2) is 17.8. The first-order valence-electron chi connectivity index (χ1n) is 13.2. The van der Waals surface area contributed by atoms with Crippen LogP contribution in [0.2, 0.25) is 0 Å². The Kier molecular flexibility index (Phi) is 15.6. The number of nitro groups is 1. The van der Waals surface area contributed by atoms with Gasteiger partial charge in [-0.15, -0.1) is 0 Å². The van der Waals surface area contributed by atoms with Gasteiger partial charge in [0.1, 0.15) is 24.9 Å². The van der Waals surface area contributed by atoms with Crippen LogP contribution in [0, 0.1) is 16.0 Å². The number of unbranched alkanes of at least 4 members (excludes halogenated alkanes) is 2. The summed E-state index contributed by atoms with van der Waals surface area (Å²) in [5.41, 5.74) is -6.81. The lowest BCUT2D eigenvalue weighted by Gasteiger charge is -2.27. The number of sulfone groups is 1. The number of nitrogens with zero attached hydrogens (tertiary/aromatic N) is 1. The van der Waals surface area contributed by atoms with Crippen molar-refractivity contribution in [3.8, 4) is 0 Å². The molecule has 0 spiro atoms. The van der Waals surface area contributed by atoms with Crippen molar-refractivity contribution < 1.29 is 59.8 Å². The number of hydrogen-bond donors (Lipinski definition) is 0. The fourth-order valence-electron chi connectivity index (χ4n) is 3.86. The highest BCUT2D eigenvalue weighted by Gasteiger charge is 2.54. The Hall–Kier alpha value is -3.11. The third-order valence-electron chi connectivity index (χ3n) is 5.96. The van der Waals surface area contributed by atoms with Gasteiger partial charge in [-0.3, -0.25) is 19.7 Å². The monoisotopic (exact) mass is 627 g/mol. The molecule has 0 fully saturated rings.